The molecule has 1 aliphatic heterocycles. The maximum Gasteiger partial charge on any atom is 0.329 e. The van der Waals surface area contributed by atoms with E-state index in [1.165, 1.54) is 0 Å². The number of carboxylic acid groups (broad SMARTS) is 1. The summed E-state index contributed by atoms with van der Waals surface area (Å²) in [6.07, 6.45) is 1.43. The number of carbonyl (C=O) groups excluding carboxylic acids is 1. The Kier molecular flexibility index (Phi) is 7.32. The van der Waals surface area contributed by atoms with Crippen molar-refractivity contribution in [2.24, 2.45) is 0 Å². The largest absolute Gasteiger partial charge is 0.480 e. The van der Waals surface area contributed by atoms with Gasteiger partial charge in [0.05, 0.1) is 18.8 Å². The van der Waals surface area contributed by atoms with Gasteiger partial charge in [0.15, 0.2) is 0 Å². The van der Waals surface area contributed by atoms with Gasteiger partial charge in [0.1, 0.15) is 6.61 Å². The van der Waals surface area contributed by atoms with Crippen molar-refractivity contribution in [1.29, 1.82) is 0 Å². The highest BCUT2D eigenvalue weighted by atomic mass is 16.5. The molecule has 1 fully saturated rings. The van der Waals surface area contributed by atoms with Crippen LogP contribution in [0.15, 0.2) is 0 Å². The molecule has 1 aliphatic rings. The SMILES string of the molecule is CC(C)OCCNC(=O)N1CCC(OCC(=O)O)CC1. The zero-order valence-corrected chi connectivity index (χ0v) is 12.1. The van der Waals surface area contributed by atoms with Crippen molar-refractivity contribution in [2.75, 3.05) is 32.8 Å². The lowest BCUT2D eigenvalue weighted by atomic mass is 10.1. The molecule has 0 saturated carbocycles. The van der Waals surface area contributed by atoms with Crippen LogP contribution in [0.5, 0.6) is 0 Å². The summed E-state index contributed by atoms with van der Waals surface area (Å²) >= 11 is 0. The predicted octanol–water partition coefficient (Wildman–Crippen LogP) is 0.687. The van der Waals surface area contributed by atoms with Crippen LogP contribution in [-0.4, -0.2) is 67.1 Å². The molecule has 1 rings (SSSR count). The van der Waals surface area contributed by atoms with Gasteiger partial charge in [-0.15, -0.1) is 0 Å². The summed E-state index contributed by atoms with van der Waals surface area (Å²) in [5.41, 5.74) is 0. The van der Waals surface area contributed by atoms with Gasteiger partial charge < -0.3 is 24.8 Å². The van der Waals surface area contributed by atoms with E-state index in [0.29, 0.717) is 39.1 Å². The number of hydrogen-bond donors (Lipinski definition) is 2. The van der Waals surface area contributed by atoms with E-state index < -0.39 is 5.97 Å². The fourth-order valence-corrected chi connectivity index (χ4v) is 1.98. The van der Waals surface area contributed by atoms with Crippen LogP contribution in [0.3, 0.4) is 0 Å². The summed E-state index contributed by atoms with van der Waals surface area (Å²) in [4.78, 5) is 24.0. The van der Waals surface area contributed by atoms with Crippen LogP contribution in [0.25, 0.3) is 0 Å². The third-order valence-corrected chi connectivity index (χ3v) is 3.00. The van der Waals surface area contributed by atoms with E-state index in [2.05, 4.69) is 5.32 Å². The maximum absolute atomic E-state index is 11.8. The number of aliphatic carboxylic acids is 1. The number of ether oxygens (including phenoxy) is 2. The quantitative estimate of drug-likeness (QED) is 0.673. The van der Waals surface area contributed by atoms with Crippen molar-refractivity contribution >= 4 is 12.0 Å². The molecular weight excluding hydrogens is 264 g/mol. The Morgan fingerprint density at radius 2 is 2.00 bits per heavy atom. The lowest BCUT2D eigenvalue weighted by Gasteiger charge is -2.31. The van der Waals surface area contributed by atoms with E-state index in [1.807, 2.05) is 13.8 Å². The molecule has 0 unspecified atom stereocenters. The zero-order valence-electron chi connectivity index (χ0n) is 12.1. The van der Waals surface area contributed by atoms with Gasteiger partial charge in [-0.2, -0.15) is 0 Å². The number of carbonyl (C=O) groups is 2. The number of urea groups is 1. The number of amides is 2. The van der Waals surface area contributed by atoms with Gasteiger partial charge in [-0.3, -0.25) is 0 Å². The molecule has 0 aromatic carbocycles. The van der Waals surface area contributed by atoms with Crippen molar-refractivity contribution in [2.45, 2.75) is 38.9 Å². The molecule has 0 radical (unpaired) electrons. The fourth-order valence-electron chi connectivity index (χ4n) is 1.98. The molecule has 0 aliphatic carbocycles. The van der Waals surface area contributed by atoms with Crippen molar-refractivity contribution in [3.63, 3.8) is 0 Å². The second-order valence-electron chi connectivity index (χ2n) is 5.04. The molecule has 0 bridgehead atoms. The highest BCUT2D eigenvalue weighted by Gasteiger charge is 2.23. The van der Waals surface area contributed by atoms with Crippen molar-refractivity contribution < 1.29 is 24.2 Å². The van der Waals surface area contributed by atoms with Crippen LogP contribution >= 0.6 is 0 Å². The Hall–Kier alpha value is -1.34. The van der Waals surface area contributed by atoms with Gasteiger partial charge in [-0.05, 0) is 26.7 Å². The Morgan fingerprint density at radius 1 is 1.35 bits per heavy atom. The van der Waals surface area contributed by atoms with E-state index in [9.17, 15) is 9.59 Å². The average Bonchev–Trinajstić information content (AvgIpc) is 2.41. The summed E-state index contributed by atoms with van der Waals surface area (Å²) in [5.74, 6) is -0.963. The lowest BCUT2D eigenvalue weighted by molar-refractivity contribution is -0.145. The summed E-state index contributed by atoms with van der Waals surface area (Å²) in [6, 6.07) is -0.103. The summed E-state index contributed by atoms with van der Waals surface area (Å²) in [5, 5.41) is 11.3. The summed E-state index contributed by atoms with van der Waals surface area (Å²) in [7, 11) is 0. The number of likely N-dealkylation sites (tertiary alicyclic amines) is 1. The van der Waals surface area contributed by atoms with Crippen LogP contribution < -0.4 is 5.32 Å². The molecule has 2 amide bonds. The minimum atomic E-state index is -0.963. The first-order chi connectivity index (χ1) is 9.49. The molecule has 7 heteroatoms. The van der Waals surface area contributed by atoms with Gasteiger partial charge in [-0.1, -0.05) is 0 Å². The van der Waals surface area contributed by atoms with Crippen molar-refractivity contribution in [3.05, 3.63) is 0 Å². The highest BCUT2D eigenvalue weighted by Crippen LogP contribution is 2.13. The smallest absolute Gasteiger partial charge is 0.329 e. The standard InChI is InChI=1S/C13H24N2O5/c1-10(2)19-8-5-14-13(18)15-6-3-11(4-7-15)20-9-12(16)17/h10-11H,3-9H2,1-2H3,(H,14,18)(H,16,17). The fraction of sp³-hybridized carbons (Fsp3) is 0.846. The average molecular weight is 288 g/mol. The Balaban J connectivity index is 2.14. The van der Waals surface area contributed by atoms with Gasteiger partial charge in [0.25, 0.3) is 0 Å². The van der Waals surface area contributed by atoms with E-state index in [4.69, 9.17) is 14.6 Å². The molecule has 0 spiro atoms. The zero-order chi connectivity index (χ0) is 15.0. The number of carboxylic acids is 1. The minimum absolute atomic E-state index is 0.0700. The number of nitrogens with zero attached hydrogens (tertiary/aromatic N) is 1. The molecule has 116 valence electrons. The Labute approximate surface area is 119 Å². The third-order valence-electron chi connectivity index (χ3n) is 3.00. The van der Waals surface area contributed by atoms with Crippen molar-refractivity contribution in [3.8, 4) is 0 Å². The van der Waals surface area contributed by atoms with Crippen LogP contribution in [0.2, 0.25) is 0 Å². The predicted molar refractivity (Wildman–Crippen MR) is 72.7 cm³/mol. The summed E-state index contributed by atoms with van der Waals surface area (Å²) < 4.78 is 10.6. The van der Waals surface area contributed by atoms with Gasteiger partial charge >= 0.3 is 12.0 Å². The second-order valence-corrected chi connectivity index (χ2v) is 5.04. The van der Waals surface area contributed by atoms with Gasteiger partial charge in [-0.25, -0.2) is 9.59 Å². The number of hydrogen-bond acceptors (Lipinski definition) is 4. The van der Waals surface area contributed by atoms with Crippen LogP contribution in [0.4, 0.5) is 4.79 Å². The summed E-state index contributed by atoms with van der Waals surface area (Å²) in [6.45, 7) is 5.78. The molecule has 0 aromatic heterocycles. The van der Waals surface area contributed by atoms with Crippen LogP contribution in [-0.2, 0) is 14.3 Å². The van der Waals surface area contributed by atoms with E-state index in [-0.39, 0.29) is 24.8 Å². The maximum atomic E-state index is 11.8. The third kappa shape index (κ3) is 6.72. The number of rotatable bonds is 7. The van der Waals surface area contributed by atoms with Gasteiger partial charge in [0.2, 0.25) is 0 Å². The van der Waals surface area contributed by atoms with E-state index in [1.54, 1.807) is 4.90 Å². The first kappa shape index (κ1) is 16.7. The molecule has 0 atom stereocenters. The van der Waals surface area contributed by atoms with Crippen LogP contribution in [0.1, 0.15) is 26.7 Å². The number of piperidine rings is 1. The van der Waals surface area contributed by atoms with Crippen molar-refractivity contribution in [1.82, 2.24) is 10.2 Å². The first-order valence-electron chi connectivity index (χ1n) is 6.96. The second kappa shape index (κ2) is 8.76. The van der Waals surface area contributed by atoms with Crippen LogP contribution in [0, 0.1) is 0 Å². The molecular formula is C13H24N2O5. The van der Waals surface area contributed by atoms with E-state index >= 15 is 0 Å². The van der Waals surface area contributed by atoms with Gasteiger partial charge in [0, 0.05) is 19.6 Å². The molecule has 1 heterocycles. The molecule has 7 nitrogen and oxygen atoms in total. The monoisotopic (exact) mass is 288 g/mol. The highest BCUT2D eigenvalue weighted by molar-refractivity contribution is 5.74. The Morgan fingerprint density at radius 3 is 2.55 bits per heavy atom. The van der Waals surface area contributed by atoms with E-state index in [0.717, 1.165) is 0 Å². The first-order valence-corrected chi connectivity index (χ1v) is 6.96. The lowest BCUT2D eigenvalue weighted by Crippen LogP contribution is -2.46. The molecule has 20 heavy (non-hydrogen) atoms. The topological polar surface area (TPSA) is 88.1 Å². The molecule has 1 saturated heterocycles. The number of nitrogens with one attached hydrogen (secondary N) is 1. The normalized spacial score (nSPS) is 16.4. The Bertz CT molecular complexity index is 314. The molecule has 0 aromatic rings. The minimum Gasteiger partial charge on any atom is -0.480 e. The molecule has 2 N–H and O–H groups in total.